The maximum absolute atomic E-state index is 12.5. The molecule has 118 valence electrons. The van der Waals surface area contributed by atoms with Gasteiger partial charge in [0.2, 0.25) is 19.7 Å². The van der Waals surface area contributed by atoms with Crippen molar-refractivity contribution in [2.75, 3.05) is 7.05 Å². The molecule has 0 aliphatic rings. The molecule has 1 aromatic carbocycles. The number of nitrogens with zero attached hydrogens (tertiary/aromatic N) is 1. The van der Waals surface area contributed by atoms with E-state index in [1.165, 1.54) is 32.2 Å². The Balaban J connectivity index is 3.28. The summed E-state index contributed by atoms with van der Waals surface area (Å²) in [6.07, 6.45) is -1.39. The van der Waals surface area contributed by atoms with Crippen molar-refractivity contribution in [1.82, 2.24) is 9.62 Å². The molecule has 1 aromatic rings. The van der Waals surface area contributed by atoms with Gasteiger partial charge in [-0.2, -0.15) is 4.31 Å². The molecule has 0 fully saturated rings. The molecule has 5 nitrogen and oxygen atoms in total. The molecule has 10 heteroatoms. The number of amides is 1. The second-order valence-electron chi connectivity index (χ2n) is 4.10. The van der Waals surface area contributed by atoms with Crippen LogP contribution in [0.2, 0.25) is 5.02 Å². The maximum Gasteiger partial charge on any atom is 0.246 e. The largest absolute Gasteiger partial charge is 0.336 e. The highest BCUT2D eigenvalue weighted by molar-refractivity contribution is 7.89. The number of hydrogen-bond acceptors (Lipinski definition) is 3. The fourth-order valence-corrected chi connectivity index (χ4v) is 4.09. The van der Waals surface area contributed by atoms with Gasteiger partial charge in [0.15, 0.2) is 0 Å². The Bertz CT molecular complexity index is 631. The van der Waals surface area contributed by atoms with Crippen molar-refractivity contribution in [1.29, 1.82) is 0 Å². The van der Waals surface area contributed by atoms with Crippen LogP contribution in [0, 0.1) is 0 Å². The highest BCUT2D eigenvalue weighted by Gasteiger charge is 2.42. The minimum atomic E-state index is -4.06. The Kier molecular flexibility index (Phi) is 6.17. The summed E-state index contributed by atoms with van der Waals surface area (Å²) < 4.78 is 23.8. The van der Waals surface area contributed by atoms with Gasteiger partial charge in [0.25, 0.3) is 0 Å². The molecule has 1 rings (SSSR count). The van der Waals surface area contributed by atoms with Gasteiger partial charge in [0, 0.05) is 14.0 Å². The van der Waals surface area contributed by atoms with E-state index in [9.17, 15) is 13.2 Å². The van der Waals surface area contributed by atoms with E-state index in [1.807, 2.05) is 0 Å². The van der Waals surface area contributed by atoms with Gasteiger partial charge >= 0.3 is 0 Å². The molecule has 21 heavy (non-hydrogen) atoms. The Hall–Kier alpha value is -0.240. The van der Waals surface area contributed by atoms with Crippen molar-refractivity contribution in [3.63, 3.8) is 0 Å². The quantitative estimate of drug-likeness (QED) is 0.631. The molecule has 0 bridgehead atoms. The molecule has 0 saturated carbocycles. The lowest BCUT2D eigenvalue weighted by molar-refractivity contribution is -0.120. The number of carbonyl (C=O) groups is 1. The SMILES string of the molecule is CC(=O)N[C@@H](N(C)S(=O)(=O)c1ccccc1Cl)C(Cl)(Cl)Cl. The molecule has 0 spiro atoms. The lowest BCUT2D eigenvalue weighted by Crippen LogP contribution is -2.55. The number of rotatable bonds is 4. The number of hydrogen-bond donors (Lipinski definition) is 1. The lowest BCUT2D eigenvalue weighted by Gasteiger charge is -2.32. The Labute approximate surface area is 143 Å². The predicted octanol–water partition coefficient (Wildman–Crippen LogP) is 2.79. The van der Waals surface area contributed by atoms with Crippen LogP contribution >= 0.6 is 46.4 Å². The second kappa shape index (κ2) is 6.89. The molecule has 0 radical (unpaired) electrons. The van der Waals surface area contributed by atoms with Gasteiger partial charge < -0.3 is 5.32 Å². The summed E-state index contributed by atoms with van der Waals surface area (Å²) in [5, 5.41) is 2.31. The van der Waals surface area contributed by atoms with Crippen LogP contribution in [-0.2, 0) is 14.8 Å². The average Bonchev–Trinajstić information content (AvgIpc) is 2.33. The molecule has 1 N–H and O–H groups in total. The third-order valence-corrected chi connectivity index (χ3v) is 5.45. The number of benzene rings is 1. The van der Waals surface area contributed by atoms with Crippen LogP contribution in [-0.4, -0.2) is 35.6 Å². The molecule has 0 aromatic heterocycles. The fraction of sp³-hybridized carbons (Fsp3) is 0.364. The van der Waals surface area contributed by atoms with E-state index in [0.29, 0.717) is 0 Å². The van der Waals surface area contributed by atoms with Gasteiger partial charge in [0.1, 0.15) is 11.1 Å². The molecule has 0 heterocycles. The summed E-state index contributed by atoms with van der Waals surface area (Å²) in [4.78, 5) is 11.0. The van der Waals surface area contributed by atoms with E-state index >= 15 is 0 Å². The highest BCUT2D eigenvalue weighted by Crippen LogP contribution is 2.35. The highest BCUT2D eigenvalue weighted by atomic mass is 35.6. The van der Waals surface area contributed by atoms with E-state index in [4.69, 9.17) is 46.4 Å². The number of carbonyl (C=O) groups excluding carboxylic acids is 1. The van der Waals surface area contributed by atoms with Crippen LogP contribution < -0.4 is 5.32 Å². The molecule has 0 aliphatic heterocycles. The van der Waals surface area contributed by atoms with Crippen LogP contribution in [0.3, 0.4) is 0 Å². The summed E-state index contributed by atoms with van der Waals surface area (Å²) in [5.74, 6) is -0.549. The van der Waals surface area contributed by atoms with Crippen molar-refractivity contribution >= 4 is 62.3 Å². The van der Waals surface area contributed by atoms with Crippen molar-refractivity contribution in [3.05, 3.63) is 29.3 Å². The van der Waals surface area contributed by atoms with Gasteiger partial charge in [-0.1, -0.05) is 58.5 Å². The number of sulfonamides is 1. The van der Waals surface area contributed by atoms with Gasteiger partial charge in [-0.3, -0.25) is 4.79 Å². The minimum Gasteiger partial charge on any atom is -0.336 e. The first kappa shape index (κ1) is 18.8. The Morgan fingerprint density at radius 2 is 1.81 bits per heavy atom. The van der Waals surface area contributed by atoms with E-state index in [-0.39, 0.29) is 9.92 Å². The van der Waals surface area contributed by atoms with Crippen molar-refractivity contribution in [2.24, 2.45) is 0 Å². The first-order valence-corrected chi connectivity index (χ1v) is 8.49. The zero-order chi connectivity index (χ0) is 16.4. The maximum atomic E-state index is 12.5. The van der Waals surface area contributed by atoms with Crippen LogP contribution in [0.4, 0.5) is 0 Å². The number of nitrogens with one attached hydrogen (secondary N) is 1. The second-order valence-corrected chi connectivity index (χ2v) is 8.84. The van der Waals surface area contributed by atoms with Crippen LogP contribution in [0.1, 0.15) is 6.92 Å². The van der Waals surface area contributed by atoms with Crippen LogP contribution in [0.5, 0.6) is 0 Å². The third kappa shape index (κ3) is 4.61. The summed E-state index contributed by atoms with van der Waals surface area (Å²) in [5.41, 5.74) is 0. The molecule has 0 aliphatic carbocycles. The minimum absolute atomic E-state index is 0.0234. The van der Waals surface area contributed by atoms with E-state index < -0.39 is 25.9 Å². The molecule has 1 amide bonds. The van der Waals surface area contributed by atoms with E-state index in [0.717, 1.165) is 4.31 Å². The zero-order valence-corrected chi connectivity index (χ0v) is 14.8. The fourth-order valence-electron chi connectivity index (χ4n) is 1.52. The van der Waals surface area contributed by atoms with Crippen molar-refractivity contribution in [2.45, 2.75) is 21.8 Å². The van der Waals surface area contributed by atoms with Gasteiger partial charge in [-0.05, 0) is 12.1 Å². The Morgan fingerprint density at radius 1 is 1.29 bits per heavy atom. The molecular formula is C11H12Cl4N2O3S. The van der Waals surface area contributed by atoms with Gasteiger partial charge in [-0.15, -0.1) is 0 Å². The van der Waals surface area contributed by atoms with Crippen molar-refractivity contribution in [3.8, 4) is 0 Å². The lowest BCUT2D eigenvalue weighted by atomic mass is 10.4. The molecule has 1 atom stereocenters. The Morgan fingerprint density at radius 3 is 2.24 bits per heavy atom. The molecule has 0 unspecified atom stereocenters. The summed E-state index contributed by atoms with van der Waals surface area (Å²) in [6.45, 7) is 1.18. The topological polar surface area (TPSA) is 66.5 Å². The normalized spacial score (nSPS) is 14.0. The van der Waals surface area contributed by atoms with E-state index in [2.05, 4.69) is 5.32 Å². The van der Waals surface area contributed by atoms with Gasteiger partial charge in [0.05, 0.1) is 5.02 Å². The summed E-state index contributed by atoms with van der Waals surface area (Å²) in [7, 11) is -2.88. The zero-order valence-electron chi connectivity index (χ0n) is 11.0. The van der Waals surface area contributed by atoms with Crippen LogP contribution in [0.15, 0.2) is 29.2 Å². The smallest absolute Gasteiger partial charge is 0.246 e. The number of alkyl halides is 3. The monoisotopic (exact) mass is 392 g/mol. The summed E-state index contributed by atoms with van der Waals surface area (Å²) in [6, 6.07) is 5.83. The van der Waals surface area contributed by atoms with E-state index in [1.54, 1.807) is 6.07 Å². The van der Waals surface area contributed by atoms with Crippen LogP contribution in [0.25, 0.3) is 0 Å². The standard InChI is InChI=1S/C11H12Cl4N2O3S/c1-7(18)16-10(11(13,14)15)17(2)21(19,20)9-6-4-3-5-8(9)12/h3-6,10H,1-2H3,(H,16,18)/t10-/m0/s1. The summed E-state index contributed by atoms with van der Waals surface area (Å²) >= 11 is 23.1. The van der Waals surface area contributed by atoms with Gasteiger partial charge in [-0.25, -0.2) is 8.42 Å². The molecule has 0 saturated heterocycles. The van der Waals surface area contributed by atoms with Crippen molar-refractivity contribution < 1.29 is 13.2 Å². The first-order chi connectivity index (χ1) is 9.48. The third-order valence-electron chi connectivity index (χ3n) is 2.51. The first-order valence-electron chi connectivity index (χ1n) is 5.54. The molecular weight excluding hydrogens is 382 g/mol. The average molecular weight is 394 g/mol. The predicted molar refractivity (Wildman–Crippen MR) is 84.3 cm³/mol. The number of halogens is 4.